The Morgan fingerprint density at radius 1 is 0.833 bits per heavy atom. The Hall–Kier alpha value is -2.02. The van der Waals surface area contributed by atoms with Crippen LogP contribution in [0.4, 0.5) is 17.8 Å². The lowest BCUT2D eigenvalue weighted by Crippen LogP contribution is -2.06. The minimum absolute atomic E-state index is 0.507. The van der Waals surface area contributed by atoms with E-state index >= 15 is 0 Å². The summed E-state index contributed by atoms with van der Waals surface area (Å²) in [7, 11) is 3.53. The van der Waals surface area contributed by atoms with E-state index in [1.54, 1.807) is 14.1 Å². The zero-order chi connectivity index (χ0) is 12.8. The van der Waals surface area contributed by atoms with Gasteiger partial charge < -0.3 is 10.6 Å². The van der Waals surface area contributed by atoms with Gasteiger partial charge in [-0.25, -0.2) is 0 Å². The molecule has 1 aromatic heterocycles. The number of hydrogen-bond donors (Lipinski definition) is 3. The van der Waals surface area contributed by atoms with Crippen LogP contribution in [0.5, 0.6) is 0 Å². The number of hydrogen-bond acceptors (Lipinski definition) is 7. The standard InChI is InChI=1S/C11H14N6S/c1-12-9-14-10(13-2)16-11(15-9)17-18-8-6-4-3-5-7-8/h3-7H,1-2H3,(H3,12,13,14,15,16,17). The maximum atomic E-state index is 4.21. The number of benzene rings is 1. The molecule has 2 aromatic rings. The van der Waals surface area contributed by atoms with Crippen LogP contribution in [0.3, 0.4) is 0 Å². The van der Waals surface area contributed by atoms with Crippen LogP contribution in [0.2, 0.25) is 0 Å². The first kappa shape index (κ1) is 12.4. The van der Waals surface area contributed by atoms with Gasteiger partial charge in [-0.05, 0) is 24.1 Å². The van der Waals surface area contributed by atoms with Crippen LogP contribution in [-0.2, 0) is 0 Å². The molecule has 0 saturated carbocycles. The molecule has 0 radical (unpaired) electrons. The van der Waals surface area contributed by atoms with Crippen molar-refractivity contribution < 1.29 is 0 Å². The summed E-state index contributed by atoms with van der Waals surface area (Å²) in [6.07, 6.45) is 0. The quantitative estimate of drug-likeness (QED) is 0.712. The average molecular weight is 262 g/mol. The van der Waals surface area contributed by atoms with Gasteiger partial charge in [-0.3, -0.25) is 4.72 Å². The Bertz CT molecular complexity index is 482. The van der Waals surface area contributed by atoms with Crippen LogP contribution >= 0.6 is 11.9 Å². The van der Waals surface area contributed by atoms with Crippen molar-refractivity contribution in [2.75, 3.05) is 29.5 Å². The smallest absolute Gasteiger partial charge is 0.239 e. The van der Waals surface area contributed by atoms with Gasteiger partial charge in [0.15, 0.2) is 0 Å². The Kier molecular flexibility index (Phi) is 4.19. The van der Waals surface area contributed by atoms with Gasteiger partial charge >= 0.3 is 0 Å². The Morgan fingerprint density at radius 3 is 1.94 bits per heavy atom. The van der Waals surface area contributed by atoms with Crippen molar-refractivity contribution in [3.05, 3.63) is 30.3 Å². The van der Waals surface area contributed by atoms with Crippen LogP contribution in [0.25, 0.3) is 0 Å². The molecule has 0 unspecified atom stereocenters. The predicted molar refractivity (Wildman–Crippen MR) is 74.8 cm³/mol. The third kappa shape index (κ3) is 3.24. The van der Waals surface area contributed by atoms with Crippen LogP contribution in [-0.4, -0.2) is 29.0 Å². The van der Waals surface area contributed by atoms with Gasteiger partial charge in [0.2, 0.25) is 17.8 Å². The first-order valence-corrected chi connectivity index (χ1v) is 6.23. The van der Waals surface area contributed by atoms with Gasteiger partial charge in [-0.15, -0.1) is 0 Å². The summed E-state index contributed by atoms with van der Waals surface area (Å²) in [6.45, 7) is 0. The topological polar surface area (TPSA) is 74.8 Å². The highest BCUT2D eigenvalue weighted by Crippen LogP contribution is 2.19. The highest BCUT2D eigenvalue weighted by molar-refractivity contribution is 8.00. The van der Waals surface area contributed by atoms with Crippen molar-refractivity contribution in [2.45, 2.75) is 4.90 Å². The molecule has 18 heavy (non-hydrogen) atoms. The van der Waals surface area contributed by atoms with E-state index in [4.69, 9.17) is 0 Å². The number of anilines is 3. The van der Waals surface area contributed by atoms with E-state index in [1.807, 2.05) is 30.3 Å². The Labute approximate surface area is 110 Å². The van der Waals surface area contributed by atoms with Gasteiger partial charge in [0.1, 0.15) is 0 Å². The van der Waals surface area contributed by atoms with Crippen LogP contribution in [0.15, 0.2) is 35.2 Å². The van der Waals surface area contributed by atoms with Crippen molar-refractivity contribution in [1.82, 2.24) is 15.0 Å². The summed E-state index contributed by atoms with van der Waals surface area (Å²) < 4.78 is 3.08. The second-order valence-corrected chi connectivity index (χ2v) is 4.20. The third-order valence-corrected chi connectivity index (χ3v) is 2.88. The van der Waals surface area contributed by atoms with Crippen LogP contribution in [0, 0.1) is 0 Å². The minimum Gasteiger partial charge on any atom is -0.357 e. The predicted octanol–water partition coefficient (Wildman–Crippen LogP) is 2.07. The summed E-state index contributed by atoms with van der Waals surface area (Å²) in [5.74, 6) is 1.54. The molecule has 7 heteroatoms. The number of nitrogens with zero attached hydrogens (tertiary/aromatic N) is 3. The molecule has 0 atom stereocenters. The molecular formula is C11H14N6S. The lowest BCUT2D eigenvalue weighted by atomic mass is 10.4. The molecule has 3 N–H and O–H groups in total. The van der Waals surface area contributed by atoms with Gasteiger partial charge in [0.05, 0.1) is 0 Å². The molecule has 0 fully saturated rings. The van der Waals surface area contributed by atoms with Crippen molar-refractivity contribution in [2.24, 2.45) is 0 Å². The maximum absolute atomic E-state index is 4.21. The first-order chi connectivity index (χ1) is 8.81. The molecule has 0 aliphatic heterocycles. The summed E-state index contributed by atoms with van der Waals surface area (Å²) >= 11 is 1.45. The molecule has 6 nitrogen and oxygen atoms in total. The first-order valence-electron chi connectivity index (χ1n) is 5.41. The molecule has 0 aliphatic rings. The number of rotatable bonds is 5. The molecule has 2 rings (SSSR count). The fraction of sp³-hybridized carbons (Fsp3) is 0.182. The van der Waals surface area contributed by atoms with E-state index in [0.717, 1.165) is 4.90 Å². The highest BCUT2D eigenvalue weighted by Gasteiger charge is 2.04. The molecule has 1 aromatic carbocycles. The zero-order valence-corrected chi connectivity index (χ0v) is 11.0. The molecule has 0 spiro atoms. The minimum atomic E-state index is 0.507. The largest absolute Gasteiger partial charge is 0.357 e. The molecule has 0 saturated heterocycles. The van der Waals surface area contributed by atoms with E-state index in [2.05, 4.69) is 30.3 Å². The van der Waals surface area contributed by atoms with Crippen molar-refractivity contribution in [1.29, 1.82) is 0 Å². The van der Waals surface area contributed by atoms with Gasteiger partial charge in [-0.2, -0.15) is 15.0 Å². The third-order valence-electron chi connectivity index (χ3n) is 2.09. The normalized spacial score (nSPS) is 9.89. The fourth-order valence-electron chi connectivity index (χ4n) is 1.24. The van der Waals surface area contributed by atoms with Gasteiger partial charge in [-0.1, -0.05) is 18.2 Å². The zero-order valence-electron chi connectivity index (χ0n) is 10.1. The second kappa shape index (κ2) is 6.06. The van der Waals surface area contributed by atoms with E-state index in [0.29, 0.717) is 17.8 Å². The van der Waals surface area contributed by atoms with Crippen molar-refractivity contribution in [3.8, 4) is 0 Å². The molecule has 94 valence electrons. The second-order valence-electron chi connectivity index (χ2n) is 3.32. The molecule has 0 bridgehead atoms. The SMILES string of the molecule is CNc1nc(NC)nc(NSc2ccccc2)n1. The Morgan fingerprint density at radius 2 is 1.39 bits per heavy atom. The summed E-state index contributed by atoms with van der Waals surface area (Å²) in [6, 6.07) is 9.96. The Balaban J connectivity index is 2.09. The molecule has 1 heterocycles. The average Bonchev–Trinajstić information content (AvgIpc) is 2.45. The van der Waals surface area contributed by atoms with E-state index in [9.17, 15) is 0 Å². The van der Waals surface area contributed by atoms with Gasteiger partial charge in [0.25, 0.3) is 0 Å². The summed E-state index contributed by atoms with van der Waals surface area (Å²) in [4.78, 5) is 13.6. The lowest BCUT2D eigenvalue weighted by Gasteiger charge is -2.07. The maximum Gasteiger partial charge on any atom is 0.239 e. The summed E-state index contributed by atoms with van der Waals surface area (Å²) in [5.41, 5.74) is 0. The van der Waals surface area contributed by atoms with Crippen LogP contribution in [0.1, 0.15) is 0 Å². The van der Waals surface area contributed by atoms with E-state index in [-0.39, 0.29) is 0 Å². The van der Waals surface area contributed by atoms with E-state index in [1.165, 1.54) is 11.9 Å². The fourth-order valence-corrected chi connectivity index (χ4v) is 1.83. The van der Waals surface area contributed by atoms with E-state index < -0.39 is 0 Å². The van der Waals surface area contributed by atoms with Crippen molar-refractivity contribution in [3.63, 3.8) is 0 Å². The lowest BCUT2D eigenvalue weighted by molar-refractivity contribution is 1.06. The molecular weight excluding hydrogens is 248 g/mol. The van der Waals surface area contributed by atoms with Gasteiger partial charge in [0, 0.05) is 19.0 Å². The highest BCUT2D eigenvalue weighted by atomic mass is 32.2. The van der Waals surface area contributed by atoms with Crippen LogP contribution < -0.4 is 15.4 Å². The number of aromatic nitrogens is 3. The number of nitrogens with one attached hydrogen (secondary N) is 3. The summed E-state index contributed by atoms with van der Waals surface area (Å²) in [5, 5.41) is 5.78. The molecule has 0 aliphatic carbocycles. The molecule has 0 amide bonds. The monoisotopic (exact) mass is 262 g/mol. The van der Waals surface area contributed by atoms with Crippen molar-refractivity contribution >= 4 is 29.8 Å².